The van der Waals surface area contributed by atoms with Gasteiger partial charge in [-0.3, -0.25) is 0 Å². The van der Waals surface area contributed by atoms with Crippen molar-refractivity contribution in [3.05, 3.63) is 29.3 Å². The summed E-state index contributed by atoms with van der Waals surface area (Å²) in [6.07, 6.45) is 3.27. The third-order valence-electron chi connectivity index (χ3n) is 4.27. The van der Waals surface area contributed by atoms with E-state index in [2.05, 4.69) is 51.2 Å². The number of aliphatic hydroxyl groups excluding tert-OH is 1. The Morgan fingerprint density at radius 1 is 1.38 bits per heavy atom. The molecule has 0 spiro atoms. The van der Waals surface area contributed by atoms with Crippen molar-refractivity contribution < 1.29 is 9.84 Å². The maximum atomic E-state index is 9.61. The monoisotopic (exact) mass is 291 g/mol. The Hall–Kier alpha value is -1.06. The third kappa shape index (κ3) is 4.72. The molecule has 1 saturated carbocycles. The molecule has 2 N–H and O–H groups in total. The Kier molecular flexibility index (Phi) is 5.28. The van der Waals surface area contributed by atoms with Gasteiger partial charge in [-0.2, -0.15) is 0 Å². The molecule has 1 aliphatic carbocycles. The number of ether oxygens (including phenoxy) is 1. The van der Waals surface area contributed by atoms with Crippen molar-refractivity contribution in [1.29, 1.82) is 0 Å². The molecule has 118 valence electrons. The van der Waals surface area contributed by atoms with Gasteiger partial charge in [0.25, 0.3) is 0 Å². The molecule has 1 atom stereocenters. The van der Waals surface area contributed by atoms with E-state index in [1.54, 1.807) is 0 Å². The van der Waals surface area contributed by atoms with Crippen molar-refractivity contribution in [2.45, 2.75) is 64.5 Å². The predicted molar refractivity (Wildman–Crippen MR) is 87.0 cm³/mol. The lowest BCUT2D eigenvalue weighted by molar-refractivity contribution is 0.142. The van der Waals surface area contributed by atoms with Gasteiger partial charge in [0.1, 0.15) is 5.75 Å². The first-order chi connectivity index (χ1) is 9.93. The second-order valence-corrected chi connectivity index (χ2v) is 6.92. The van der Waals surface area contributed by atoms with Crippen LogP contribution in [0.1, 0.15) is 57.1 Å². The number of rotatable bonds is 8. The molecule has 2 rings (SSSR count). The van der Waals surface area contributed by atoms with Gasteiger partial charge < -0.3 is 15.2 Å². The molecule has 3 nitrogen and oxygen atoms in total. The lowest BCUT2D eigenvalue weighted by atomic mass is 9.99. The molecule has 1 aromatic rings. The van der Waals surface area contributed by atoms with Crippen LogP contribution in [0.2, 0.25) is 0 Å². The molecule has 1 aromatic carbocycles. The zero-order valence-electron chi connectivity index (χ0n) is 13.8. The van der Waals surface area contributed by atoms with E-state index >= 15 is 0 Å². The molecule has 0 radical (unpaired) electrons. The topological polar surface area (TPSA) is 41.5 Å². The maximum absolute atomic E-state index is 9.61. The van der Waals surface area contributed by atoms with Crippen molar-refractivity contribution in [3.63, 3.8) is 0 Å². The lowest BCUT2D eigenvalue weighted by Gasteiger charge is -2.29. The normalized spacial score (nSPS) is 17.8. The summed E-state index contributed by atoms with van der Waals surface area (Å²) in [5.41, 5.74) is 2.24. The molecular weight excluding hydrogens is 262 g/mol. The number of nitrogens with one attached hydrogen (secondary N) is 1. The Labute approximate surface area is 128 Å². The van der Waals surface area contributed by atoms with Gasteiger partial charge in [0.05, 0.1) is 13.2 Å². The summed E-state index contributed by atoms with van der Waals surface area (Å²) in [6, 6.07) is 7.02. The van der Waals surface area contributed by atoms with Crippen LogP contribution in [0, 0.1) is 6.92 Å². The average Bonchev–Trinajstić information content (AvgIpc) is 3.24. The number of aliphatic hydroxyl groups is 1. The zero-order valence-corrected chi connectivity index (χ0v) is 13.8. The number of hydrogen-bond donors (Lipinski definition) is 2. The van der Waals surface area contributed by atoms with Gasteiger partial charge in [-0.05, 0) is 49.8 Å². The molecule has 21 heavy (non-hydrogen) atoms. The smallest absolute Gasteiger partial charge is 0.122 e. The van der Waals surface area contributed by atoms with Crippen LogP contribution in [0.25, 0.3) is 0 Å². The minimum Gasteiger partial charge on any atom is -0.493 e. The molecule has 0 aromatic heterocycles. The third-order valence-corrected chi connectivity index (χ3v) is 4.27. The van der Waals surface area contributed by atoms with Crippen LogP contribution in [-0.4, -0.2) is 29.9 Å². The van der Waals surface area contributed by atoms with Crippen molar-refractivity contribution in [1.82, 2.24) is 5.32 Å². The van der Waals surface area contributed by atoms with Crippen LogP contribution in [0.5, 0.6) is 5.75 Å². The quantitative estimate of drug-likeness (QED) is 0.771. The number of hydrogen-bond acceptors (Lipinski definition) is 3. The second-order valence-electron chi connectivity index (χ2n) is 6.92. The molecule has 1 unspecified atom stereocenters. The molecule has 0 saturated heterocycles. The maximum Gasteiger partial charge on any atom is 0.122 e. The average molecular weight is 291 g/mol. The molecule has 0 heterocycles. The molecular formula is C18H29NO2. The Morgan fingerprint density at radius 2 is 2.10 bits per heavy atom. The highest BCUT2D eigenvalue weighted by molar-refractivity contribution is 5.37. The lowest BCUT2D eigenvalue weighted by Crippen LogP contribution is -2.48. The molecule has 0 bridgehead atoms. The summed E-state index contributed by atoms with van der Waals surface area (Å²) < 4.78 is 5.98. The minimum atomic E-state index is -0.231. The highest BCUT2D eigenvalue weighted by atomic mass is 16.5. The largest absolute Gasteiger partial charge is 0.493 e. The van der Waals surface area contributed by atoms with E-state index in [9.17, 15) is 5.11 Å². The molecule has 1 aliphatic rings. The van der Waals surface area contributed by atoms with E-state index in [1.807, 2.05) is 0 Å². The molecule has 3 heteroatoms. The summed E-state index contributed by atoms with van der Waals surface area (Å²) in [7, 11) is 0. The SMILES string of the molecule is Cc1ccc(C(C)C)cc1OCCC(C)(CO)NC1CC1. The second kappa shape index (κ2) is 6.80. The zero-order chi connectivity index (χ0) is 15.5. The van der Waals surface area contributed by atoms with Gasteiger partial charge in [-0.25, -0.2) is 0 Å². The molecule has 0 amide bonds. The first kappa shape index (κ1) is 16.3. The van der Waals surface area contributed by atoms with Gasteiger partial charge in [0, 0.05) is 18.0 Å². The number of benzene rings is 1. The summed E-state index contributed by atoms with van der Waals surface area (Å²) in [6.45, 7) is 9.31. The fourth-order valence-corrected chi connectivity index (χ4v) is 2.43. The van der Waals surface area contributed by atoms with Gasteiger partial charge in [0.2, 0.25) is 0 Å². The van der Waals surface area contributed by atoms with Crippen molar-refractivity contribution in [2.24, 2.45) is 0 Å². The van der Waals surface area contributed by atoms with Gasteiger partial charge in [0.15, 0.2) is 0 Å². The highest BCUT2D eigenvalue weighted by Gasteiger charge is 2.31. The fraction of sp³-hybridized carbons (Fsp3) is 0.667. The van der Waals surface area contributed by atoms with E-state index < -0.39 is 0 Å². The van der Waals surface area contributed by atoms with Gasteiger partial charge in [-0.1, -0.05) is 26.0 Å². The Bertz CT molecular complexity index is 468. The van der Waals surface area contributed by atoms with Gasteiger partial charge in [-0.15, -0.1) is 0 Å². The summed E-state index contributed by atoms with van der Waals surface area (Å²) in [4.78, 5) is 0. The van der Waals surface area contributed by atoms with Crippen LogP contribution >= 0.6 is 0 Å². The van der Waals surface area contributed by atoms with E-state index in [-0.39, 0.29) is 12.1 Å². The van der Waals surface area contributed by atoms with Crippen LogP contribution in [0.15, 0.2) is 18.2 Å². The summed E-state index contributed by atoms with van der Waals surface area (Å²) in [5, 5.41) is 13.1. The number of aryl methyl sites for hydroxylation is 1. The fourth-order valence-electron chi connectivity index (χ4n) is 2.43. The summed E-state index contributed by atoms with van der Waals surface area (Å²) >= 11 is 0. The van der Waals surface area contributed by atoms with E-state index in [0.717, 1.165) is 12.2 Å². The first-order valence-corrected chi connectivity index (χ1v) is 8.05. The van der Waals surface area contributed by atoms with Crippen molar-refractivity contribution in [2.75, 3.05) is 13.2 Å². The standard InChI is InChI=1S/C18H29NO2/c1-13(2)15-6-5-14(3)17(11-15)21-10-9-18(4,12-20)19-16-7-8-16/h5-6,11,13,16,19-20H,7-10,12H2,1-4H3. The van der Waals surface area contributed by atoms with E-state index in [4.69, 9.17) is 4.74 Å². The molecule has 0 aliphatic heterocycles. The van der Waals surface area contributed by atoms with Crippen LogP contribution in [0.3, 0.4) is 0 Å². The highest BCUT2D eigenvalue weighted by Crippen LogP contribution is 2.26. The molecule has 1 fully saturated rings. The van der Waals surface area contributed by atoms with Crippen LogP contribution in [0.4, 0.5) is 0 Å². The van der Waals surface area contributed by atoms with Crippen molar-refractivity contribution in [3.8, 4) is 5.75 Å². The Balaban J connectivity index is 1.91. The minimum absolute atomic E-state index is 0.151. The Morgan fingerprint density at radius 3 is 2.67 bits per heavy atom. The van der Waals surface area contributed by atoms with Crippen LogP contribution in [-0.2, 0) is 0 Å². The van der Waals surface area contributed by atoms with E-state index in [1.165, 1.54) is 24.0 Å². The van der Waals surface area contributed by atoms with Crippen molar-refractivity contribution >= 4 is 0 Å². The summed E-state index contributed by atoms with van der Waals surface area (Å²) in [5.74, 6) is 1.47. The predicted octanol–water partition coefficient (Wildman–Crippen LogP) is 3.39. The van der Waals surface area contributed by atoms with Gasteiger partial charge >= 0.3 is 0 Å². The van der Waals surface area contributed by atoms with E-state index in [0.29, 0.717) is 18.6 Å². The van der Waals surface area contributed by atoms with Crippen LogP contribution < -0.4 is 10.1 Å². The first-order valence-electron chi connectivity index (χ1n) is 8.05.